The zero-order valence-electron chi connectivity index (χ0n) is 9.65. The highest BCUT2D eigenvalue weighted by Crippen LogP contribution is 2.03. The van der Waals surface area contributed by atoms with Gasteiger partial charge in [-0.2, -0.15) is 0 Å². The van der Waals surface area contributed by atoms with Crippen LogP contribution in [-0.4, -0.2) is 67.0 Å². The molecule has 0 aliphatic carbocycles. The molecule has 0 aromatic heterocycles. The number of nitrogens with zero attached hydrogens (tertiary/aromatic N) is 3. The molecule has 0 atom stereocenters. The van der Waals surface area contributed by atoms with Crippen LogP contribution in [-0.2, 0) is 4.79 Å². The Balaban J connectivity index is 1.80. The van der Waals surface area contributed by atoms with Crippen LogP contribution >= 0.6 is 0 Å². The van der Waals surface area contributed by atoms with Crippen molar-refractivity contribution in [2.75, 3.05) is 46.3 Å². The van der Waals surface area contributed by atoms with Crippen LogP contribution in [0.2, 0.25) is 0 Å². The Morgan fingerprint density at radius 3 is 2.69 bits per heavy atom. The van der Waals surface area contributed by atoms with E-state index >= 15 is 0 Å². The molecule has 0 bridgehead atoms. The number of nitrogens with one attached hydrogen (secondary N) is 1. The first kappa shape index (κ1) is 11.2. The number of carbonyl (C=O) groups is 1. The van der Waals surface area contributed by atoms with Crippen molar-refractivity contribution in [1.29, 1.82) is 0 Å². The van der Waals surface area contributed by atoms with Gasteiger partial charge in [0.2, 0.25) is 5.91 Å². The largest absolute Gasteiger partial charge is 0.400 e. The summed E-state index contributed by atoms with van der Waals surface area (Å²) in [4.78, 5) is 16.1. The van der Waals surface area contributed by atoms with E-state index in [1.165, 1.54) is 0 Å². The van der Waals surface area contributed by atoms with Gasteiger partial charge in [-0.3, -0.25) is 4.79 Å². The second kappa shape index (κ2) is 4.71. The van der Waals surface area contributed by atoms with Gasteiger partial charge in [0.05, 0.1) is 6.54 Å². The monoisotopic (exact) mass is 225 g/mol. The summed E-state index contributed by atoms with van der Waals surface area (Å²) in [6.07, 6.45) is 1.79. The molecule has 1 amide bonds. The highest BCUT2D eigenvalue weighted by Gasteiger charge is 2.21. The molecule has 2 aliphatic rings. The minimum atomic E-state index is 0.159. The molecule has 0 unspecified atom stereocenters. The van der Waals surface area contributed by atoms with Crippen LogP contribution in [0.3, 0.4) is 0 Å². The van der Waals surface area contributed by atoms with Crippen molar-refractivity contribution in [3.8, 4) is 0 Å². The van der Waals surface area contributed by atoms with Crippen LogP contribution in [0.5, 0.6) is 0 Å². The van der Waals surface area contributed by atoms with E-state index in [1.807, 2.05) is 4.90 Å². The van der Waals surface area contributed by atoms with Gasteiger partial charge in [0.25, 0.3) is 0 Å². The van der Waals surface area contributed by atoms with E-state index < -0.39 is 0 Å². The third-order valence-electron chi connectivity index (χ3n) is 2.97. The summed E-state index contributed by atoms with van der Waals surface area (Å²) < 4.78 is 0. The van der Waals surface area contributed by atoms with Gasteiger partial charge in [0.15, 0.2) is 0 Å². The molecule has 3 N–H and O–H groups in total. The molecule has 6 heteroatoms. The van der Waals surface area contributed by atoms with Gasteiger partial charge >= 0.3 is 0 Å². The second-order valence-electron chi connectivity index (χ2n) is 4.35. The molecule has 0 aromatic rings. The summed E-state index contributed by atoms with van der Waals surface area (Å²) in [5.74, 6) is 0.159. The lowest BCUT2D eigenvalue weighted by Gasteiger charge is -2.33. The first-order chi connectivity index (χ1) is 7.65. The normalized spacial score (nSPS) is 22.4. The van der Waals surface area contributed by atoms with Crippen molar-refractivity contribution in [2.24, 2.45) is 5.73 Å². The molecular formula is C10H19N5O. The van der Waals surface area contributed by atoms with Gasteiger partial charge in [-0.25, -0.2) is 5.43 Å². The highest BCUT2D eigenvalue weighted by molar-refractivity contribution is 5.78. The molecule has 2 rings (SSSR count). The number of hydrogen-bond acceptors (Lipinski definition) is 5. The lowest BCUT2D eigenvalue weighted by Crippen LogP contribution is -2.50. The van der Waals surface area contributed by atoms with Crippen LogP contribution in [0.1, 0.15) is 0 Å². The minimum Gasteiger partial charge on any atom is -0.400 e. The summed E-state index contributed by atoms with van der Waals surface area (Å²) in [6.45, 7) is 4.56. The lowest BCUT2D eigenvalue weighted by molar-refractivity contribution is -0.133. The SMILES string of the molecule is CN1CCN(C(=O)CN2C=C(N)CN2)CC1. The minimum absolute atomic E-state index is 0.159. The molecular weight excluding hydrogens is 206 g/mol. The number of piperazine rings is 1. The zero-order chi connectivity index (χ0) is 11.5. The molecule has 6 nitrogen and oxygen atoms in total. The van der Waals surface area contributed by atoms with E-state index in [1.54, 1.807) is 11.2 Å². The first-order valence-electron chi connectivity index (χ1n) is 5.58. The third-order valence-corrected chi connectivity index (χ3v) is 2.97. The Bertz CT molecular complexity index is 296. The number of carbonyl (C=O) groups excluding carboxylic acids is 1. The Hall–Kier alpha value is -1.27. The lowest BCUT2D eigenvalue weighted by atomic mass is 10.3. The summed E-state index contributed by atoms with van der Waals surface area (Å²) >= 11 is 0. The zero-order valence-corrected chi connectivity index (χ0v) is 9.65. The molecule has 90 valence electrons. The maximum Gasteiger partial charge on any atom is 0.243 e. The van der Waals surface area contributed by atoms with Crippen LogP contribution in [0.15, 0.2) is 11.9 Å². The first-order valence-corrected chi connectivity index (χ1v) is 5.58. The molecule has 0 aromatic carbocycles. The Labute approximate surface area is 95.6 Å². The molecule has 2 heterocycles. The summed E-state index contributed by atoms with van der Waals surface area (Å²) in [7, 11) is 2.08. The maximum atomic E-state index is 11.9. The Morgan fingerprint density at radius 1 is 1.44 bits per heavy atom. The molecule has 0 radical (unpaired) electrons. The van der Waals surface area contributed by atoms with Gasteiger partial charge in [-0.15, -0.1) is 0 Å². The van der Waals surface area contributed by atoms with E-state index in [9.17, 15) is 4.79 Å². The van der Waals surface area contributed by atoms with Crippen LogP contribution in [0.25, 0.3) is 0 Å². The van der Waals surface area contributed by atoms with Crippen LogP contribution in [0, 0.1) is 0 Å². The van der Waals surface area contributed by atoms with Gasteiger partial charge in [0.1, 0.15) is 6.54 Å². The summed E-state index contributed by atoms with van der Waals surface area (Å²) in [5, 5.41) is 1.76. The molecule has 2 aliphatic heterocycles. The molecule has 16 heavy (non-hydrogen) atoms. The van der Waals surface area contributed by atoms with Crippen molar-refractivity contribution < 1.29 is 4.79 Å². The van der Waals surface area contributed by atoms with Gasteiger partial charge in [-0.05, 0) is 7.05 Å². The fraction of sp³-hybridized carbons (Fsp3) is 0.700. The smallest absolute Gasteiger partial charge is 0.243 e. The van der Waals surface area contributed by atoms with Crippen molar-refractivity contribution in [2.45, 2.75) is 0 Å². The van der Waals surface area contributed by atoms with Gasteiger partial charge in [0, 0.05) is 38.1 Å². The van der Waals surface area contributed by atoms with Crippen molar-refractivity contribution in [1.82, 2.24) is 20.2 Å². The molecule has 0 spiro atoms. The van der Waals surface area contributed by atoms with Crippen molar-refractivity contribution in [3.05, 3.63) is 11.9 Å². The van der Waals surface area contributed by atoms with E-state index in [0.717, 1.165) is 31.9 Å². The second-order valence-corrected chi connectivity index (χ2v) is 4.35. The van der Waals surface area contributed by atoms with E-state index in [4.69, 9.17) is 5.73 Å². The number of hydrogen-bond donors (Lipinski definition) is 2. The van der Waals surface area contributed by atoms with E-state index in [-0.39, 0.29) is 5.91 Å². The van der Waals surface area contributed by atoms with Gasteiger partial charge < -0.3 is 20.5 Å². The average Bonchev–Trinajstić information content (AvgIpc) is 2.65. The molecule has 0 saturated carbocycles. The Morgan fingerprint density at radius 2 is 2.12 bits per heavy atom. The predicted octanol–water partition coefficient (Wildman–Crippen LogP) is -1.62. The average molecular weight is 225 g/mol. The number of rotatable bonds is 2. The van der Waals surface area contributed by atoms with Crippen molar-refractivity contribution in [3.63, 3.8) is 0 Å². The molecule has 1 fully saturated rings. The topological polar surface area (TPSA) is 64.8 Å². The Kier molecular flexibility index (Phi) is 3.31. The predicted molar refractivity (Wildman–Crippen MR) is 61.1 cm³/mol. The number of nitrogens with two attached hydrogens (primary N) is 1. The number of likely N-dealkylation sites (N-methyl/N-ethyl adjacent to an activating group) is 1. The maximum absolute atomic E-state index is 11.9. The van der Waals surface area contributed by atoms with Crippen LogP contribution in [0.4, 0.5) is 0 Å². The van der Waals surface area contributed by atoms with Gasteiger partial charge in [-0.1, -0.05) is 0 Å². The highest BCUT2D eigenvalue weighted by atomic mass is 16.2. The fourth-order valence-electron chi connectivity index (χ4n) is 1.89. The summed E-state index contributed by atoms with van der Waals surface area (Å²) in [5.41, 5.74) is 9.44. The number of amides is 1. The quantitative estimate of drug-likeness (QED) is 0.591. The summed E-state index contributed by atoms with van der Waals surface area (Å²) in [6, 6.07) is 0. The van der Waals surface area contributed by atoms with Crippen molar-refractivity contribution >= 4 is 5.91 Å². The standard InChI is InChI=1S/C10H19N5O/c1-13-2-4-14(5-3-13)10(16)8-15-7-9(11)6-12-15/h7,12H,2-6,8,11H2,1H3. The van der Waals surface area contributed by atoms with Crippen LogP contribution < -0.4 is 11.2 Å². The van der Waals surface area contributed by atoms with E-state index in [2.05, 4.69) is 17.4 Å². The molecule has 1 saturated heterocycles. The third kappa shape index (κ3) is 2.65. The number of hydrazine groups is 1. The van der Waals surface area contributed by atoms with E-state index in [0.29, 0.717) is 13.1 Å². The fourth-order valence-corrected chi connectivity index (χ4v) is 1.89.